The summed E-state index contributed by atoms with van der Waals surface area (Å²) in [6.07, 6.45) is 1.42. The predicted octanol–water partition coefficient (Wildman–Crippen LogP) is 3.53. The lowest BCUT2D eigenvalue weighted by Gasteiger charge is -2.16. The van der Waals surface area contributed by atoms with Gasteiger partial charge in [-0.15, -0.1) is 0 Å². The standard InChI is InChI=1S/C17H22N4O2/c1-5-23-17(22)14-15(20-11(2)3)18-10-19-16(14)21-13-8-6-12(4)7-9-13/h6-11H,5H2,1-4H3,(H2,18,19,20,21). The lowest BCUT2D eigenvalue weighted by atomic mass is 10.2. The van der Waals surface area contributed by atoms with Crippen LogP contribution >= 0.6 is 0 Å². The molecule has 6 heteroatoms. The van der Waals surface area contributed by atoms with Crippen LogP contribution in [0.5, 0.6) is 0 Å². The van der Waals surface area contributed by atoms with Gasteiger partial charge in [-0.3, -0.25) is 0 Å². The van der Waals surface area contributed by atoms with E-state index in [1.165, 1.54) is 6.33 Å². The summed E-state index contributed by atoms with van der Waals surface area (Å²) >= 11 is 0. The molecule has 0 bridgehead atoms. The van der Waals surface area contributed by atoms with Crippen molar-refractivity contribution in [2.45, 2.75) is 33.7 Å². The first-order valence-corrected chi connectivity index (χ1v) is 7.63. The van der Waals surface area contributed by atoms with Crippen molar-refractivity contribution in [1.29, 1.82) is 0 Å². The number of ether oxygens (including phenoxy) is 1. The minimum atomic E-state index is -0.453. The highest BCUT2D eigenvalue weighted by Crippen LogP contribution is 2.25. The largest absolute Gasteiger partial charge is 0.462 e. The Morgan fingerprint density at radius 1 is 1.17 bits per heavy atom. The zero-order valence-electron chi connectivity index (χ0n) is 13.9. The average Bonchev–Trinajstić information content (AvgIpc) is 2.49. The average molecular weight is 314 g/mol. The quantitative estimate of drug-likeness (QED) is 0.794. The van der Waals surface area contributed by atoms with E-state index >= 15 is 0 Å². The van der Waals surface area contributed by atoms with Crippen LogP contribution in [0.1, 0.15) is 36.7 Å². The van der Waals surface area contributed by atoms with Gasteiger partial charge in [0.15, 0.2) is 5.82 Å². The molecule has 1 aromatic heterocycles. The molecule has 0 saturated carbocycles. The smallest absolute Gasteiger partial charge is 0.345 e. The van der Waals surface area contributed by atoms with Crippen molar-refractivity contribution in [1.82, 2.24) is 9.97 Å². The van der Waals surface area contributed by atoms with Crippen LogP contribution in [-0.2, 0) is 4.74 Å². The number of benzene rings is 1. The first-order chi connectivity index (χ1) is 11.0. The van der Waals surface area contributed by atoms with E-state index in [9.17, 15) is 4.79 Å². The second-order valence-corrected chi connectivity index (χ2v) is 5.46. The number of anilines is 3. The van der Waals surface area contributed by atoms with E-state index in [0.717, 1.165) is 11.3 Å². The minimum absolute atomic E-state index is 0.130. The van der Waals surface area contributed by atoms with Crippen molar-refractivity contribution in [3.05, 3.63) is 41.7 Å². The topological polar surface area (TPSA) is 76.1 Å². The fourth-order valence-electron chi connectivity index (χ4n) is 2.03. The van der Waals surface area contributed by atoms with Crippen molar-refractivity contribution in [3.8, 4) is 0 Å². The van der Waals surface area contributed by atoms with E-state index in [-0.39, 0.29) is 6.04 Å². The summed E-state index contributed by atoms with van der Waals surface area (Å²) in [5.74, 6) is 0.430. The molecule has 0 fully saturated rings. The highest BCUT2D eigenvalue weighted by molar-refractivity contribution is 6.00. The van der Waals surface area contributed by atoms with E-state index in [0.29, 0.717) is 23.8 Å². The van der Waals surface area contributed by atoms with Gasteiger partial charge >= 0.3 is 5.97 Å². The van der Waals surface area contributed by atoms with Gasteiger partial charge in [0.25, 0.3) is 0 Å². The molecule has 6 nitrogen and oxygen atoms in total. The molecule has 0 saturated heterocycles. The summed E-state index contributed by atoms with van der Waals surface area (Å²) < 4.78 is 5.15. The number of carbonyl (C=O) groups excluding carboxylic acids is 1. The Bertz CT molecular complexity index is 669. The van der Waals surface area contributed by atoms with Crippen molar-refractivity contribution in [3.63, 3.8) is 0 Å². The monoisotopic (exact) mass is 314 g/mol. The van der Waals surface area contributed by atoms with Crippen LogP contribution in [0, 0.1) is 6.92 Å². The minimum Gasteiger partial charge on any atom is -0.462 e. The molecule has 0 aliphatic carbocycles. The first kappa shape index (κ1) is 16.7. The number of hydrogen-bond acceptors (Lipinski definition) is 6. The molecule has 0 amide bonds. The number of nitrogens with zero attached hydrogens (tertiary/aromatic N) is 2. The lowest BCUT2D eigenvalue weighted by molar-refractivity contribution is 0.0528. The highest BCUT2D eigenvalue weighted by Gasteiger charge is 2.21. The van der Waals surface area contributed by atoms with E-state index in [1.54, 1.807) is 6.92 Å². The van der Waals surface area contributed by atoms with Crippen molar-refractivity contribution in [2.75, 3.05) is 17.2 Å². The summed E-state index contributed by atoms with van der Waals surface area (Å²) in [6, 6.07) is 7.97. The molecule has 23 heavy (non-hydrogen) atoms. The molecule has 2 rings (SSSR count). The van der Waals surface area contributed by atoms with E-state index in [1.807, 2.05) is 45.0 Å². The Morgan fingerprint density at radius 2 is 1.83 bits per heavy atom. The van der Waals surface area contributed by atoms with Crippen LogP contribution in [-0.4, -0.2) is 28.6 Å². The third-order valence-corrected chi connectivity index (χ3v) is 3.07. The van der Waals surface area contributed by atoms with E-state index in [2.05, 4.69) is 20.6 Å². The van der Waals surface area contributed by atoms with Gasteiger partial charge in [-0.25, -0.2) is 14.8 Å². The second kappa shape index (κ2) is 7.58. The van der Waals surface area contributed by atoms with Crippen LogP contribution in [0.15, 0.2) is 30.6 Å². The van der Waals surface area contributed by atoms with Crippen molar-refractivity contribution in [2.24, 2.45) is 0 Å². The molecule has 1 aromatic carbocycles. The molecule has 2 N–H and O–H groups in total. The molecule has 0 unspecified atom stereocenters. The van der Waals surface area contributed by atoms with Crippen molar-refractivity contribution < 1.29 is 9.53 Å². The molecule has 0 aliphatic rings. The number of esters is 1. The molecule has 122 valence electrons. The Morgan fingerprint density at radius 3 is 2.43 bits per heavy atom. The molecule has 2 aromatic rings. The van der Waals surface area contributed by atoms with Crippen LogP contribution in [0.3, 0.4) is 0 Å². The van der Waals surface area contributed by atoms with Crippen LogP contribution < -0.4 is 10.6 Å². The van der Waals surface area contributed by atoms with Gasteiger partial charge in [-0.1, -0.05) is 17.7 Å². The van der Waals surface area contributed by atoms with E-state index in [4.69, 9.17) is 4.74 Å². The highest BCUT2D eigenvalue weighted by atomic mass is 16.5. The summed E-state index contributed by atoms with van der Waals surface area (Å²) in [7, 11) is 0. The predicted molar refractivity (Wildman–Crippen MR) is 91.2 cm³/mol. The fraction of sp³-hybridized carbons (Fsp3) is 0.353. The molecule has 0 spiro atoms. The number of nitrogens with one attached hydrogen (secondary N) is 2. The zero-order chi connectivity index (χ0) is 16.8. The Kier molecular flexibility index (Phi) is 5.51. The maximum Gasteiger partial charge on any atom is 0.345 e. The van der Waals surface area contributed by atoms with Gasteiger partial charge in [0.1, 0.15) is 17.7 Å². The summed E-state index contributed by atoms with van der Waals surface area (Å²) in [5, 5.41) is 6.32. The summed E-state index contributed by atoms with van der Waals surface area (Å²) in [6.45, 7) is 8.03. The normalized spacial score (nSPS) is 10.5. The SMILES string of the molecule is CCOC(=O)c1c(Nc2ccc(C)cc2)ncnc1NC(C)C. The summed E-state index contributed by atoms with van der Waals surface area (Å²) in [5.41, 5.74) is 2.31. The maximum absolute atomic E-state index is 12.3. The molecular formula is C17H22N4O2. The molecular weight excluding hydrogens is 292 g/mol. The van der Waals surface area contributed by atoms with Crippen LogP contribution in [0.2, 0.25) is 0 Å². The zero-order valence-corrected chi connectivity index (χ0v) is 13.9. The number of rotatable bonds is 6. The number of aryl methyl sites for hydroxylation is 1. The van der Waals surface area contributed by atoms with Crippen LogP contribution in [0.4, 0.5) is 17.3 Å². The Labute approximate surface area is 136 Å². The molecule has 1 heterocycles. The third kappa shape index (κ3) is 4.42. The van der Waals surface area contributed by atoms with Gasteiger partial charge in [0.05, 0.1) is 6.61 Å². The Balaban J connectivity index is 2.40. The first-order valence-electron chi connectivity index (χ1n) is 7.63. The fourth-order valence-corrected chi connectivity index (χ4v) is 2.03. The second-order valence-electron chi connectivity index (χ2n) is 5.46. The van der Waals surface area contributed by atoms with Gasteiger partial charge < -0.3 is 15.4 Å². The number of carbonyl (C=O) groups is 1. The van der Waals surface area contributed by atoms with Crippen LogP contribution in [0.25, 0.3) is 0 Å². The lowest BCUT2D eigenvalue weighted by Crippen LogP contribution is -2.18. The molecule has 0 atom stereocenters. The summed E-state index contributed by atoms with van der Waals surface area (Å²) in [4.78, 5) is 20.7. The Hall–Kier alpha value is -2.63. The van der Waals surface area contributed by atoms with Crippen molar-refractivity contribution >= 4 is 23.3 Å². The van der Waals surface area contributed by atoms with Gasteiger partial charge in [0.2, 0.25) is 0 Å². The van der Waals surface area contributed by atoms with E-state index < -0.39 is 5.97 Å². The molecule has 0 aliphatic heterocycles. The van der Waals surface area contributed by atoms with Gasteiger partial charge in [-0.2, -0.15) is 0 Å². The number of aromatic nitrogens is 2. The molecule has 0 radical (unpaired) electrons. The van der Waals surface area contributed by atoms with Gasteiger partial charge in [-0.05, 0) is 39.8 Å². The maximum atomic E-state index is 12.3. The third-order valence-electron chi connectivity index (χ3n) is 3.07. The number of hydrogen-bond donors (Lipinski definition) is 2. The van der Waals surface area contributed by atoms with Gasteiger partial charge in [0, 0.05) is 11.7 Å².